The number of hydrogen-bond donors (Lipinski definition) is 0. The molecule has 0 unspecified atom stereocenters. The molecule has 0 aliphatic rings. The first-order chi connectivity index (χ1) is 5.57. The van der Waals surface area contributed by atoms with Crippen molar-refractivity contribution in [1.82, 2.24) is 5.06 Å². The van der Waals surface area contributed by atoms with E-state index in [1.807, 2.05) is 19.9 Å². The second-order valence-electron chi connectivity index (χ2n) is 2.62. The van der Waals surface area contributed by atoms with Crippen molar-refractivity contribution in [3.05, 3.63) is 23.8 Å². The second-order valence-corrected chi connectivity index (χ2v) is 2.62. The topological polar surface area (TPSA) is 29.5 Å². The molecule has 3 heteroatoms. The zero-order valence-electron chi connectivity index (χ0n) is 8.00. The molecule has 0 heterocycles. The Hall–Kier alpha value is -1.09. The summed E-state index contributed by atoms with van der Waals surface area (Å²) in [7, 11) is 3.02. The quantitative estimate of drug-likeness (QED) is 0.364. The molecule has 3 nitrogen and oxygen atoms in total. The molecule has 0 saturated carbocycles. The summed E-state index contributed by atoms with van der Waals surface area (Å²) >= 11 is 0. The van der Waals surface area contributed by atoms with Gasteiger partial charge in [0.25, 0.3) is 5.91 Å². The van der Waals surface area contributed by atoms with Crippen LogP contribution < -0.4 is 0 Å². The molecule has 0 N–H and O–H groups in total. The molecule has 0 fully saturated rings. The van der Waals surface area contributed by atoms with Gasteiger partial charge in [0, 0.05) is 13.1 Å². The lowest BCUT2D eigenvalue weighted by molar-refractivity contribution is -0.162. The predicted octanol–water partition coefficient (Wildman–Crippen LogP) is 1.53. The highest BCUT2D eigenvalue weighted by Gasteiger charge is 2.00. The van der Waals surface area contributed by atoms with Crippen LogP contribution in [0.15, 0.2) is 23.8 Å². The van der Waals surface area contributed by atoms with Crippen LogP contribution in [0.4, 0.5) is 0 Å². The molecule has 0 rings (SSSR count). The molecule has 0 aromatic rings. The van der Waals surface area contributed by atoms with Crippen molar-refractivity contribution < 1.29 is 9.63 Å². The number of hydrogen-bond acceptors (Lipinski definition) is 2. The SMILES string of the molecule is CON(C)C(=O)/C=C/C=C(C)C. The van der Waals surface area contributed by atoms with Crippen molar-refractivity contribution >= 4 is 5.91 Å². The third-order valence-corrected chi connectivity index (χ3v) is 1.25. The lowest BCUT2D eigenvalue weighted by Gasteiger charge is -2.09. The van der Waals surface area contributed by atoms with E-state index in [4.69, 9.17) is 0 Å². The van der Waals surface area contributed by atoms with Crippen molar-refractivity contribution in [2.45, 2.75) is 13.8 Å². The van der Waals surface area contributed by atoms with Gasteiger partial charge >= 0.3 is 0 Å². The average molecular weight is 169 g/mol. The summed E-state index contributed by atoms with van der Waals surface area (Å²) < 4.78 is 0. The summed E-state index contributed by atoms with van der Waals surface area (Å²) in [6, 6.07) is 0. The fraction of sp³-hybridized carbons (Fsp3) is 0.444. The molecule has 0 aliphatic heterocycles. The van der Waals surface area contributed by atoms with Gasteiger partial charge in [0.2, 0.25) is 0 Å². The van der Waals surface area contributed by atoms with Crippen LogP contribution in [0.5, 0.6) is 0 Å². The number of carbonyl (C=O) groups excluding carboxylic acids is 1. The van der Waals surface area contributed by atoms with Gasteiger partial charge in [-0.15, -0.1) is 0 Å². The molecule has 0 atom stereocenters. The van der Waals surface area contributed by atoms with Crippen molar-refractivity contribution in [2.24, 2.45) is 0 Å². The Labute approximate surface area is 73.3 Å². The van der Waals surface area contributed by atoms with Crippen molar-refractivity contribution in [3.63, 3.8) is 0 Å². The van der Waals surface area contributed by atoms with Crippen LogP contribution in [0.1, 0.15) is 13.8 Å². The minimum Gasteiger partial charge on any atom is -0.274 e. The molecule has 68 valence electrons. The van der Waals surface area contributed by atoms with Gasteiger partial charge in [-0.25, -0.2) is 5.06 Å². The molecule has 0 radical (unpaired) electrons. The summed E-state index contributed by atoms with van der Waals surface area (Å²) in [6.45, 7) is 3.93. The highest BCUT2D eigenvalue weighted by atomic mass is 16.7. The van der Waals surface area contributed by atoms with E-state index in [1.54, 1.807) is 13.1 Å². The third-order valence-electron chi connectivity index (χ3n) is 1.25. The maximum absolute atomic E-state index is 11.0. The molecule has 12 heavy (non-hydrogen) atoms. The summed E-state index contributed by atoms with van der Waals surface area (Å²) in [5.41, 5.74) is 1.15. The summed E-state index contributed by atoms with van der Waals surface area (Å²) in [5, 5.41) is 1.16. The molecule has 0 aliphatic carbocycles. The van der Waals surface area contributed by atoms with Crippen LogP contribution in [0.25, 0.3) is 0 Å². The summed E-state index contributed by atoms with van der Waals surface area (Å²) in [5.74, 6) is -0.171. The van der Waals surface area contributed by atoms with Gasteiger partial charge in [0.05, 0.1) is 7.11 Å². The zero-order chi connectivity index (χ0) is 9.56. The maximum Gasteiger partial charge on any atom is 0.269 e. The Morgan fingerprint density at radius 3 is 2.42 bits per heavy atom. The molecular weight excluding hydrogens is 154 g/mol. The van der Waals surface area contributed by atoms with Crippen LogP contribution in [-0.4, -0.2) is 25.1 Å². The largest absolute Gasteiger partial charge is 0.274 e. The molecule has 0 saturated heterocycles. The molecule has 0 spiro atoms. The van der Waals surface area contributed by atoms with E-state index in [-0.39, 0.29) is 5.91 Å². The fourth-order valence-electron chi connectivity index (χ4n) is 0.518. The highest BCUT2D eigenvalue weighted by molar-refractivity contribution is 5.86. The first-order valence-corrected chi connectivity index (χ1v) is 3.71. The normalized spacial score (nSPS) is 10.0. The smallest absolute Gasteiger partial charge is 0.269 e. The van der Waals surface area contributed by atoms with Crippen LogP contribution in [-0.2, 0) is 9.63 Å². The highest BCUT2D eigenvalue weighted by Crippen LogP contribution is 1.91. The van der Waals surface area contributed by atoms with Crippen LogP contribution in [0, 0.1) is 0 Å². The van der Waals surface area contributed by atoms with Gasteiger partial charge in [0.1, 0.15) is 0 Å². The molecule has 1 amide bonds. The Bertz CT molecular complexity index is 203. The van der Waals surface area contributed by atoms with E-state index in [1.165, 1.54) is 13.2 Å². The van der Waals surface area contributed by atoms with Crippen molar-refractivity contribution in [1.29, 1.82) is 0 Å². The number of rotatable bonds is 3. The van der Waals surface area contributed by atoms with Crippen LogP contribution >= 0.6 is 0 Å². The Balaban J connectivity index is 4.00. The van der Waals surface area contributed by atoms with Crippen molar-refractivity contribution in [2.75, 3.05) is 14.2 Å². The van der Waals surface area contributed by atoms with Gasteiger partial charge in [-0.2, -0.15) is 0 Å². The minimum absolute atomic E-state index is 0.171. The van der Waals surface area contributed by atoms with Crippen LogP contribution in [0.2, 0.25) is 0 Å². The zero-order valence-corrected chi connectivity index (χ0v) is 8.00. The lowest BCUT2D eigenvalue weighted by Crippen LogP contribution is -2.22. The number of allylic oxidation sites excluding steroid dienone is 3. The number of hydroxylamine groups is 2. The lowest BCUT2D eigenvalue weighted by atomic mass is 10.3. The second kappa shape index (κ2) is 5.55. The Kier molecular flexibility index (Phi) is 5.04. The fourth-order valence-corrected chi connectivity index (χ4v) is 0.518. The van der Waals surface area contributed by atoms with Gasteiger partial charge < -0.3 is 0 Å². The average Bonchev–Trinajstić information content (AvgIpc) is 2.02. The van der Waals surface area contributed by atoms with E-state index >= 15 is 0 Å². The summed E-state index contributed by atoms with van der Waals surface area (Å²) in [4.78, 5) is 15.7. The van der Waals surface area contributed by atoms with E-state index < -0.39 is 0 Å². The molecular formula is C9H15NO2. The van der Waals surface area contributed by atoms with Gasteiger partial charge in [-0.1, -0.05) is 17.7 Å². The van der Waals surface area contributed by atoms with E-state index in [0.29, 0.717) is 0 Å². The Morgan fingerprint density at radius 1 is 1.42 bits per heavy atom. The van der Waals surface area contributed by atoms with E-state index in [9.17, 15) is 4.79 Å². The van der Waals surface area contributed by atoms with E-state index in [0.717, 1.165) is 10.6 Å². The summed E-state index contributed by atoms with van der Waals surface area (Å²) in [6.07, 6.45) is 5.02. The maximum atomic E-state index is 11.0. The number of likely N-dealkylation sites (N-methyl/N-ethyl adjacent to an activating group) is 1. The van der Waals surface area contributed by atoms with Crippen molar-refractivity contribution in [3.8, 4) is 0 Å². The van der Waals surface area contributed by atoms with Gasteiger partial charge in [-0.05, 0) is 13.8 Å². The number of amides is 1. The van der Waals surface area contributed by atoms with Crippen LogP contribution in [0.3, 0.4) is 0 Å². The Morgan fingerprint density at radius 2 is 2.00 bits per heavy atom. The van der Waals surface area contributed by atoms with Gasteiger partial charge in [0.15, 0.2) is 0 Å². The molecule has 0 aromatic carbocycles. The first kappa shape index (κ1) is 10.9. The third kappa shape index (κ3) is 4.68. The molecule has 0 bridgehead atoms. The molecule has 0 aromatic heterocycles. The standard InChI is InChI=1S/C9H15NO2/c1-8(2)6-5-7-9(11)10(3)12-4/h5-7H,1-4H3/b7-5+. The number of carbonyl (C=O) groups is 1. The van der Waals surface area contributed by atoms with E-state index in [2.05, 4.69) is 4.84 Å². The monoisotopic (exact) mass is 169 g/mol. The predicted molar refractivity (Wildman–Crippen MR) is 48.4 cm³/mol. The van der Waals surface area contributed by atoms with Gasteiger partial charge in [-0.3, -0.25) is 9.63 Å². The first-order valence-electron chi connectivity index (χ1n) is 3.71. The number of nitrogens with zero attached hydrogens (tertiary/aromatic N) is 1. The minimum atomic E-state index is -0.171.